The van der Waals surface area contributed by atoms with Crippen molar-refractivity contribution in [2.45, 2.75) is 38.8 Å². The van der Waals surface area contributed by atoms with Crippen molar-refractivity contribution in [2.24, 2.45) is 5.16 Å². The molecule has 2 amide bonds. The first-order valence-electron chi connectivity index (χ1n) is 10.7. The third kappa shape index (κ3) is 5.79. The highest BCUT2D eigenvalue weighted by molar-refractivity contribution is 6.44. The molecule has 1 unspecified atom stereocenters. The second-order valence-electron chi connectivity index (χ2n) is 7.26. The SMILES string of the molecule is CCOC(=O)CO/N=C(/C(=O)N1CCC(N2C(=O)OCC2C(=O)OCC)CC1)c1ccn[nH]1. The van der Waals surface area contributed by atoms with Crippen molar-refractivity contribution in [3.8, 4) is 0 Å². The first-order chi connectivity index (χ1) is 16.0. The van der Waals surface area contributed by atoms with Gasteiger partial charge >= 0.3 is 18.0 Å². The predicted molar refractivity (Wildman–Crippen MR) is 111 cm³/mol. The molecule has 13 nitrogen and oxygen atoms in total. The summed E-state index contributed by atoms with van der Waals surface area (Å²) in [5.41, 5.74) is 0.289. The predicted octanol–water partition coefficient (Wildman–Crippen LogP) is 0.0684. The maximum Gasteiger partial charge on any atom is 0.410 e. The molecule has 1 N–H and O–H groups in total. The van der Waals surface area contributed by atoms with Gasteiger partial charge in [0.05, 0.1) is 18.9 Å². The van der Waals surface area contributed by atoms with E-state index in [2.05, 4.69) is 15.4 Å². The zero-order chi connectivity index (χ0) is 23.8. The smallest absolute Gasteiger partial charge is 0.410 e. The van der Waals surface area contributed by atoms with Crippen LogP contribution in [0.25, 0.3) is 0 Å². The highest BCUT2D eigenvalue weighted by atomic mass is 16.7. The number of cyclic esters (lactones) is 1. The number of amides is 2. The molecule has 0 spiro atoms. The number of H-pyrrole nitrogens is 1. The van der Waals surface area contributed by atoms with Gasteiger partial charge in [0.25, 0.3) is 5.91 Å². The van der Waals surface area contributed by atoms with Gasteiger partial charge in [-0.15, -0.1) is 0 Å². The maximum absolute atomic E-state index is 13.1. The van der Waals surface area contributed by atoms with E-state index >= 15 is 0 Å². The first kappa shape index (κ1) is 24.0. The quantitative estimate of drug-likeness (QED) is 0.231. The first-order valence-corrected chi connectivity index (χ1v) is 10.7. The van der Waals surface area contributed by atoms with Gasteiger partial charge in [-0.25, -0.2) is 14.4 Å². The normalized spacial score (nSPS) is 19.3. The summed E-state index contributed by atoms with van der Waals surface area (Å²) in [5.74, 6) is -1.53. The number of aromatic nitrogens is 2. The number of ether oxygens (including phenoxy) is 3. The molecule has 1 aromatic rings. The largest absolute Gasteiger partial charge is 0.464 e. The molecular weight excluding hydrogens is 438 g/mol. The van der Waals surface area contributed by atoms with Crippen LogP contribution in [0.1, 0.15) is 32.4 Å². The van der Waals surface area contributed by atoms with Gasteiger partial charge in [-0.2, -0.15) is 5.10 Å². The highest BCUT2D eigenvalue weighted by Crippen LogP contribution is 2.25. The van der Waals surface area contributed by atoms with Crippen molar-refractivity contribution in [3.63, 3.8) is 0 Å². The Morgan fingerprint density at radius 1 is 1.21 bits per heavy atom. The Kier molecular flexibility index (Phi) is 8.22. The van der Waals surface area contributed by atoms with Gasteiger partial charge in [-0.1, -0.05) is 5.16 Å². The zero-order valence-electron chi connectivity index (χ0n) is 18.5. The lowest BCUT2D eigenvalue weighted by Crippen LogP contribution is -2.52. The summed E-state index contributed by atoms with van der Waals surface area (Å²) in [7, 11) is 0. The minimum atomic E-state index is -0.789. The molecule has 3 heterocycles. The van der Waals surface area contributed by atoms with E-state index in [1.165, 1.54) is 11.1 Å². The van der Waals surface area contributed by atoms with E-state index in [1.54, 1.807) is 24.8 Å². The number of rotatable bonds is 9. The van der Waals surface area contributed by atoms with Gasteiger partial charge in [-0.3, -0.25) is 14.8 Å². The van der Waals surface area contributed by atoms with Crippen molar-refractivity contribution in [1.82, 2.24) is 20.0 Å². The second kappa shape index (κ2) is 11.3. The number of carbonyl (C=O) groups is 4. The Bertz CT molecular complexity index is 879. The summed E-state index contributed by atoms with van der Waals surface area (Å²) in [6.45, 7) is 3.91. The highest BCUT2D eigenvalue weighted by Gasteiger charge is 2.44. The molecule has 0 aliphatic carbocycles. The number of hydrogen-bond donors (Lipinski definition) is 1. The van der Waals surface area contributed by atoms with Gasteiger partial charge in [0, 0.05) is 25.3 Å². The molecule has 1 aromatic heterocycles. The molecular formula is C20H27N5O8. The molecule has 3 rings (SSSR count). The molecule has 0 radical (unpaired) electrons. The van der Waals surface area contributed by atoms with E-state index in [4.69, 9.17) is 19.0 Å². The Morgan fingerprint density at radius 3 is 2.58 bits per heavy atom. The van der Waals surface area contributed by atoms with Crippen LogP contribution in [0.5, 0.6) is 0 Å². The van der Waals surface area contributed by atoms with Gasteiger partial charge in [0.2, 0.25) is 6.61 Å². The van der Waals surface area contributed by atoms with Crippen LogP contribution in [0.4, 0.5) is 4.79 Å². The molecule has 13 heteroatoms. The number of nitrogens with zero attached hydrogens (tertiary/aromatic N) is 4. The summed E-state index contributed by atoms with van der Waals surface area (Å²) >= 11 is 0. The lowest BCUT2D eigenvalue weighted by atomic mass is 10.0. The van der Waals surface area contributed by atoms with Crippen LogP contribution < -0.4 is 0 Å². The number of aromatic amines is 1. The van der Waals surface area contributed by atoms with Crippen molar-refractivity contribution >= 4 is 29.7 Å². The number of likely N-dealkylation sites (tertiary alicyclic amines) is 1. The Morgan fingerprint density at radius 2 is 1.94 bits per heavy atom. The summed E-state index contributed by atoms with van der Waals surface area (Å²) in [5, 5.41) is 10.3. The lowest BCUT2D eigenvalue weighted by Gasteiger charge is -2.37. The fourth-order valence-electron chi connectivity index (χ4n) is 3.70. The maximum atomic E-state index is 13.1. The Balaban J connectivity index is 1.64. The van der Waals surface area contributed by atoms with E-state index < -0.39 is 36.6 Å². The lowest BCUT2D eigenvalue weighted by molar-refractivity contribution is -0.149. The van der Waals surface area contributed by atoms with E-state index in [0.29, 0.717) is 31.6 Å². The Hall–Kier alpha value is -3.64. The summed E-state index contributed by atoms with van der Waals surface area (Å²) in [4.78, 5) is 57.0. The Labute approximate surface area is 189 Å². The molecule has 2 aliphatic heterocycles. The van der Waals surface area contributed by atoms with Crippen LogP contribution in [0.3, 0.4) is 0 Å². The molecule has 33 heavy (non-hydrogen) atoms. The minimum Gasteiger partial charge on any atom is -0.464 e. The van der Waals surface area contributed by atoms with Crippen molar-refractivity contribution in [1.29, 1.82) is 0 Å². The van der Waals surface area contributed by atoms with E-state index in [-0.39, 0.29) is 31.6 Å². The van der Waals surface area contributed by atoms with Crippen LogP contribution in [0, 0.1) is 0 Å². The number of nitrogens with one attached hydrogen (secondary N) is 1. The van der Waals surface area contributed by atoms with Crippen LogP contribution >= 0.6 is 0 Å². The number of carbonyl (C=O) groups excluding carboxylic acids is 4. The van der Waals surface area contributed by atoms with Gasteiger partial charge in [-0.05, 0) is 32.8 Å². The number of esters is 2. The minimum absolute atomic E-state index is 0.0415. The van der Waals surface area contributed by atoms with Crippen molar-refractivity contribution in [2.75, 3.05) is 39.5 Å². The molecule has 180 valence electrons. The second-order valence-corrected chi connectivity index (χ2v) is 7.26. The van der Waals surface area contributed by atoms with Crippen LogP contribution in [0.2, 0.25) is 0 Å². The van der Waals surface area contributed by atoms with Crippen LogP contribution in [-0.2, 0) is 33.4 Å². The molecule has 1 atom stereocenters. The van der Waals surface area contributed by atoms with E-state index in [0.717, 1.165) is 0 Å². The number of oxime groups is 1. The summed E-state index contributed by atoms with van der Waals surface area (Å²) in [6.07, 6.45) is 1.78. The van der Waals surface area contributed by atoms with E-state index in [9.17, 15) is 19.2 Å². The van der Waals surface area contributed by atoms with E-state index in [1.807, 2.05) is 0 Å². The fourth-order valence-corrected chi connectivity index (χ4v) is 3.70. The monoisotopic (exact) mass is 465 g/mol. The average Bonchev–Trinajstić information content (AvgIpc) is 3.47. The van der Waals surface area contributed by atoms with Gasteiger partial charge in [0.1, 0.15) is 6.61 Å². The summed E-state index contributed by atoms with van der Waals surface area (Å²) < 4.78 is 14.9. The summed E-state index contributed by atoms with van der Waals surface area (Å²) in [6, 6.07) is 0.496. The fraction of sp³-hybridized carbons (Fsp3) is 0.600. The topological polar surface area (TPSA) is 153 Å². The van der Waals surface area contributed by atoms with Crippen LogP contribution in [-0.4, -0.2) is 101 Å². The molecule has 0 aromatic carbocycles. The van der Waals surface area contributed by atoms with Crippen molar-refractivity contribution in [3.05, 3.63) is 18.0 Å². The molecule has 2 aliphatic rings. The number of piperidine rings is 1. The molecule has 0 bridgehead atoms. The van der Waals surface area contributed by atoms with Gasteiger partial charge in [0.15, 0.2) is 11.8 Å². The zero-order valence-corrected chi connectivity index (χ0v) is 18.5. The molecule has 2 fully saturated rings. The number of hydrogen-bond acceptors (Lipinski definition) is 10. The van der Waals surface area contributed by atoms with Crippen LogP contribution in [0.15, 0.2) is 17.4 Å². The molecule has 2 saturated heterocycles. The third-order valence-electron chi connectivity index (χ3n) is 5.22. The average molecular weight is 465 g/mol. The van der Waals surface area contributed by atoms with Gasteiger partial charge < -0.3 is 23.9 Å². The van der Waals surface area contributed by atoms with Crippen molar-refractivity contribution < 1.29 is 38.2 Å². The standard InChI is InChI=1S/C20H27N5O8/c1-3-30-16(26)12-33-23-17(14-5-8-21-22-14)18(27)24-9-6-13(7-10-24)25-15(11-32-20(25)29)19(28)31-4-2/h5,8,13,15H,3-4,6-7,9-12H2,1-2H3,(H,21,22)/b23-17+. The third-order valence-corrected chi connectivity index (χ3v) is 5.22. The molecule has 0 saturated carbocycles.